The number of carboxylic acid groups (broad SMARTS) is 1. The first-order valence-electron chi connectivity index (χ1n) is 6.47. The van der Waals surface area contributed by atoms with Crippen molar-refractivity contribution in [3.05, 3.63) is 41.0 Å². The maximum Gasteiger partial charge on any atom is 0.331 e. The Morgan fingerprint density at radius 2 is 1.81 bits per heavy atom. The second-order valence-corrected chi connectivity index (χ2v) is 4.45. The summed E-state index contributed by atoms with van der Waals surface area (Å²) in [5, 5.41) is 14.1. The lowest BCUT2D eigenvalue weighted by atomic mass is 10.1. The average Bonchev–Trinajstić information content (AvgIpc) is 2.46. The lowest BCUT2D eigenvalue weighted by Crippen LogP contribution is -2.23. The summed E-state index contributed by atoms with van der Waals surface area (Å²) in [6.07, 6.45) is 0. The van der Waals surface area contributed by atoms with Crippen molar-refractivity contribution in [1.29, 1.82) is 0 Å². The summed E-state index contributed by atoms with van der Waals surface area (Å²) in [5.74, 6) is -1.88. The van der Waals surface area contributed by atoms with Gasteiger partial charge in [-0.25, -0.2) is 4.79 Å². The van der Waals surface area contributed by atoms with Crippen LogP contribution in [0.5, 0.6) is 0 Å². The molecule has 0 bridgehead atoms. The topological polar surface area (TPSA) is 95.5 Å². The van der Waals surface area contributed by atoms with Crippen LogP contribution in [0.2, 0.25) is 0 Å². The fraction of sp³-hybridized carbons (Fsp3) is 0.267. The smallest absolute Gasteiger partial charge is 0.331 e. The number of carbonyl (C=O) groups excluding carboxylic acids is 2. The number of nitrogens with one attached hydrogen (secondary N) is 2. The molecule has 2 amide bonds. The van der Waals surface area contributed by atoms with Crippen LogP contribution in [0, 0.1) is 0 Å². The van der Waals surface area contributed by atoms with Gasteiger partial charge in [-0.2, -0.15) is 0 Å². The molecular weight excluding hydrogens is 272 g/mol. The van der Waals surface area contributed by atoms with E-state index < -0.39 is 11.9 Å². The Morgan fingerprint density at radius 1 is 1.14 bits per heavy atom. The van der Waals surface area contributed by atoms with Crippen LogP contribution in [0.25, 0.3) is 0 Å². The van der Waals surface area contributed by atoms with Crippen molar-refractivity contribution in [3.8, 4) is 0 Å². The van der Waals surface area contributed by atoms with Gasteiger partial charge in [0.25, 0.3) is 11.8 Å². The predicted octanol–water partition coefficient (Wildman–Crippen LogP) is 1.80. The zero-order chi connectivity index (χ0) is 16.0. The lowest BCUT2D eigenvalue weighted by molar-refractivity contribution is -0.133. The molecule has 0 heterocycles. The molecular formula is C15H18N2O4. The first-order chi connectivity index (χ1) is 9.86. The number of rotatable bonds is 5. The van der Waals surface area contributed by atoms with Crippen molar-refractivity contribution >= 4 is 23.5 Å². The van der Waals surface area contributed by atoms with Crippen LogP contribution in [0.1, 0.15) is 31.1 Å². The summed E-state index contributed by atoms with van der Waals surface area (Å²) < 4.78 is 0. The van der Waals surface area contributed by atoms with Gasteiger partial charge in [0, 0.05) is 28.9 Å². The number of aliphatic carboxylic acids is 1. The summed E-state index contributed by atoms with van der Waals surface area (Å²) in [4.78, 5) is 34.5. The highest BCUT2D eigenvalue weighted by Gasteiger charge is 2.13. The van der Waals surface area contributed by atoms with E-state index in [-0.39, 0.29) is 17.1 Å². The molecule has 0 radical (unpaired) electrons. The van der Waals surface area contributed by atoms with Gasteiger partial charge in [0.15, 0.2) is 0 Å². The van der Waals surface area contributed by atoms with Gasteiger partial charge in [-0.15, -0.1) is 0 Å². The number of hydrogen-bond donors (Lipinski definition) is 3. The zero-order valence-corrected chi connectivity index (χ0v) is 12.2. The van der Waals surface area contributed by atoms with Gasteiger partial charge in [-0.1, -0.05) is 6.07 Å². The van der Waals surface area contributed by atoms with E-state index in [9.17, 15) is 14.4 Å². The number of carbonyl (C=O) groups is 3. The number of amides is 2. The van der Waals surface area contributed by atoms with Crippen LogP contribution in [-0.4, -0.2) is 29.4 Å². The molecule has 0 saturated carbocycles. The Kier molecular flexibility index (Phi) is 5.66. The molecule has 1 aromatic carbocycles. The van der Waals surface area contributed by atoms with Crippen LogP contribution in [-0.2, 0) is 9.59 Å². The highest BCUT2D eigenvalue weighted by atomic mass is 16.4. The molecule has 6 nitrogen and oxygen atoms in total. The molecule has 0 atom stereocenters. The van der Waals surface area contributed by atoms with Crippen LogP contribution >= 0.6 is 0 Å². The minimum Gasteiger partial charge on any atom is -0.478 e. The molecule has 21 heavy (non-hydrogen) atoms. The third-order valence-electron chi connectivity index (χ3n) is 2.94. The van der Waals surface area contributed by atoms with Crippen molar-refractivity contribution in [2.45, 2.75) is 20.8 Å². The Balaban J connectivity index is 2.92. The molecule has 6 heteroatoms. The van der Waals surface area contributed by atoms with Crippen LogP contribution in [0.4, 0.5) is 5.69 Å². The second kappa shape index (κ2) is 7.23. The first-order valence-corrected chi connectivity index (χ1v) is 6.47. The standard InChI is InChI=1S/C15H18N2O4/c1-4-16-14(19)11-6-5-7-12(8-11)17-13(18)9(2)10(3)15(20)21/h5-8H,4H2,1-3H3,(H,16,19)(H,17,18)(H,20,21). The van der Waals surface area contributed by atoms with Gasteiger partial charge >= 0.3 is 5.97 Å². The summed E-state index contributed by atoms with van der Waals surface area (Å²) in [7, 11) is 0. The number of hydrogen-bond acceptors (Lipinski definition) is 3. The Hall–Kier alpha value is -2.63. The number of benzene rings is 1. The third kappa shape index (κ3) is 4.45. The second-order valence-electron chi connectivity index (χ2n) is 4.45. The van der Waals surface area contributed by atoms with Crippen LogP contribution in [0.15, 0.2) is 35.4 Å². The molecule has 3 N–H and O–H groups in total. The van der Waals surface area contributed by atoms with E-state index in [0.29, 0.717) is 17.8 Å². The largest absolute Gasteiger partial charge is 0.478 e. The molecule has 1 rings (SSSR count). The maximum absolute atomic E-state index is 11.9. The van der Waals surface area contributed by atoms with Gasteiger partial charge in [0.05, 0.1) is 0 Å². The average molecular weight is 290 g/mol. The van der Waals surface area contributed by atoms with E-state index >= 15 is 0 Å². The van der Waals surface area contributed by atoms with E-state index in [4.69, 9.17) is 5.11 Å². The molecule has 0 aliphatic carbocycles. The molecule has 1 aromatic rings. The summed E-state index contributed by atoms with van der Waals surface area (Å²) in [5.41, 5.74) is 0.950. The third-order valence-corrected chi connectivity index (χ3v) is 2.94. The Labute approximate surface area is 122 Å². The van der Waals surface area contributed by atoms with Crippen LogP contribution in [0.3, 0.4) is 0 Å². The van der Waals surface area contributed by atoms with Crippen molar-refractivity contribution in [1.82, 2.24) is 5.32 Å². The molecule has 0 spiro atoms. The van der Waals surface area contributed by atoms with Crippen molar-refractivity contribution in [2.75, 3.05) is 11.9 Å². The molecule has 0 aliphatic rings. The fourth-order valence-corrected chi connectivity index (χ4v) is 1.56. The van der Waals surface area contributed by atoms with Crippen molar-refractivity contribution in [3.63, 3.8) is 0 Å². The highest BCUT2D eigenvalue weighted by Crippen LogP contribution is 2.13. The van der Waals surface area contributed by atoms with E-state index in [1.54, 1.807) is 18.2 Å². The monoisotopic (exact) mass is 290 g/mol. The van der Waals surface area contributed by atoms with E-state index in [1.807, 2.05) is 6.92 Å². The fourth-order valence-electron chi connectivity index (χ4n) is 1.56. The van der Waals surface area contributed by atoms with Crippen LogP contribution < -0.4 is 10.6 Å². The van der Waals surface area contributed by atoms with E-state index in [1.165, 1.54) is 19.9 Å². The molecule has 0 unspecified atom stereocenters. The number of anilines is 1. The Bertz CT molecular complexity index is 605. The van der Waals surface area contributed by atoms with E-state index in [2.05, 4.69) is 10.6 Å². The van der Waals surface area contributed by atoms with Gasteiger partial charge in [0.2, 0.25) is 0 Å². The molecule has 0 saturated heterocycles. The summed E-state index contributed by atoms with van der Waals surface area (Å²) in [6.45, 7) is 5.12. The SMILES string of the molecule is CCNC(=O)c1cccc(NC(=O)C(C)=C(C)C(=O)O)c1. The van der Waals surface area contributed by atoms with Gasteiger partial charge < -0.3 is 15.7 Å². The quantitative estimate of drug-likeness (QED) is 0.720. The molecule has 0 aromatic heterocycles. The van der Waals surface area contributed by atoms with Crippen molar-refractivity contribution in [2.24, 2.45) is 0 Å². The lowest BCUT2D eigenvalue weighted by Gasteiger charge is -2.08. The van der Waals surface area contributed by atoms with E-state index in [0.717, 1.165) is 0 Å². The highest BCUT2D eigenvalue weighted by molar-refractivity contribution is 6.08. The molecule has 0 fully saturated rings. The predicted molar refractivity (Wildman–Crippen MR) is 79.1 cm³/mol. The van der Waals surface area contributed by atoms with Gasteiger partial charge in [0.1, 0.15) is 0 Å². The summed E-state index contributed by atoms with van der Waals surface area (Å²) >= 11 is 0. The van der Waals surface area contributed by atoms with Crippen molar-refractivity contribution < 1.29 is 19.5 Å². The maximum atomic E-state index is 11.9. The van der Waals surface area contributed by atoms with Gasteiger partial charge in [-0.05, 0) is 39.0 Å². The summed E-state index contributed by atoms with van der Waals surface area (Å²) in [6, 6.07) is 6.44. The minimum absolute atomic E-state index is 0.0209. The Morgan fingerprint density at radius 3 is 2.38 bits per heavy atom. The normalized spacial score (nSPS) is 11.4. The first kappa shape index (κ1) is 16.4. The number of carboxylic acids is 1. The minimum atomic E-state index is -1.14. The molecule has 0 aliphatic heterocycles. The van der Waals surface area contributed by atoms with Gasteiger partial charge in [-0.3, -0.25) is 9.59 Å². The molecule has 112 valence electrons. The zero-order valence-electron chi connectivity index (χ0n) is 12.2.